The molecule has 3 heterocycles. The fraction of sp³-hybridized carbons (Fsp3) is 0.619. The van der Waals surface area contributed by atoms with Gasteiger partial charge in [-0.3, -0.25) is 0 Å². The van der Waals surface area contributed by atoms with E-state index in [0.29, 0.717) is 6.61 Å². The van der Waals surface area contributed by atoms with Crippen LogP contribution in [-0.4, -0.2) is 85.5 Å². The van der Waals surface area contributed by atoms with Crippen molar-refractivity contribution >= 4 is 10.9 Å². The van der Waals surface area contributed by atoms with Gasteiger partial charge in [-0.15, -0.1) is 0 Å². The van der Waals surface area contributed by atoms with Crippen LogP contribution in [0.1, 0.15) is 19.3 Å². The van der Waals surface area contributed by atoms with Crippen molar-refractivity contribution in [2.45, 2.75) is 25.4 Å². The van der Waals surface area contributed by atoms with E-state index in [-0.39, 0.29) is 6.10 Å². The summed E-state index contributed by atoms with van der Waals surface area (Å²) in [4.78, 5) is 13.4. The predicted molar refractivity (Wildman–Crippen MR) is 108 cm³/mol. The largest absolute Gasteiger partial charge is 0.493 e. The summed E-state index contributed by atoms with van der Waals surface area (Å²) >= 11 is 0. The van der Waals surface area contributed by atoms with Gasteiger partial charge in [0.15, 0.2) is 0 Å². The van der Waals surface area contributed by atoms with Crippen LogP contribution in [0.2, 0.25) is 0 Å². The molecule has 7 heteroatoms. The van der Waals surface area contributed by atoms with Gasteiger partial charge in [0.05, 0.1) is 30.7 Å². The number of aromatic nitrogens is 2. The Bertz CT molecular complexity index is 758. The summed E-state index contributed by atoms with van der Waals surface area (Å²) in [5, 5.41) is 0.929. The highest BCUT2D eigenvalue weighted by Gasteiger charge is 2.18. The first-order valence-corrected chi connectivity index (χ1v) is 10.3. The zero-order valence-electron chi connectivity index (χ0n) is 16.7. The van der Waals surface area contributed by atoms with Crippen LogP contribution in [0.25, 0.3) is 10.9 Å². The minimum absolute atomic E-state index is 0.171. The minimum Gasteiger partial charge on any atom is -0.493 e. The molecule has 0 saturated carbocycles. The van der Waals surface area contributed by atoms with Gasteiger partial charge in [-0.2, -0.15) is 0 Å². The monoisotopic (exact) mass is 386 g/mol. The smallest absolute Gasteiger partial charge is 0.134 e. The molecule has 0 spiro atoms. The lowest BCUT2D eigenvalue weighted by molar-refractivity contribution is 0.0261. The van der Waals surface area contributed by atoms with E-state index in [4.69, 9.17) is 14.2 Å². The summed E-state index contributed by atoms with van der Waals surface area (Å²) in [6.45, 7) is 7.87. The number of ether oxygens (including phenoxy) is 3. The molecule has 0 bridgehead atoms. The third kappa shape index (κ3) is 5.10. The van der Waals surface area contributed by atoms with E-state index in [1.54, 1.807) is 6.33 Å². The molecule has 2 aromatic rings. The van der Waals surface area contributed by atoms with Gasteiger partial charge in [-0.25, -0.2) is 9.97 Å². The molecule has 1 aromatic carbocycles. The van der Waals surface area contributed by atoms with E-state index in [0.717, 1.165) is 87.6 Å². The van der Waals surface area contributed by atoms with Gasteiger partial charge in [-0.1, -0.05) is 0 Å². The average molecular weight is 386 g/mol. The third-order valence-electron chi connectivity index (χ3n) is 5.51. The van der Waals surface area contributed by atoms with Gasteiger partial charge in [0.25, 0.3) is 0 Å². The number of hydrogen-bond acceptors (Lipinski definition) is 7. The van der Waals surface area contributed by atoms with Gasteiger partial charge in [0.1, 0.15) is 23.9 Å². The molecule has 0 aliphatic carbocycles. The number of likely N-dealkylation sites (N-methyl/N-ethyl adjacent to an activating group) is 1. The van der Waals surface area contributed by atoms with Gasteiger partial charge >= 0.3 is 0 Å². The maximum Gasteiger partial charge on any atom is 0.134 e. The first-order valence-electron chi connectivity index (χ1n) is 10.3. The SMILES string of the molecule is CN1CCN(CCCOc2cc(OC3CCOCC3)c3cncnc3c2)CC1. The lowest BCUT2D eigenvalue weighted by Crippen LogP contribution is -2.44. The van der Waals surface area contributed by atoms with Crippen molar-refractivity contribution in [3.8, 4) is 11.5 Å². The predicted octanol–water partition coefficient (Wildman–Crippen LogP) is 2.20. The first kappa shape index (κ1) is 19.4. The highest BCUT2D eigenvalue weighted by Crippen LogP contribution is 2.31. The summed E-state index contributed by atoms with van der Waals surface area (Å²) in [5.74, 6) is 1.62. The number of nitrogens with zero attached hydrogens (tertiary/aromatic N) is 4. The summed E-state index contributed by atoms with van der Waals surface area (Å²) in [6, 6.07) is 3.96. The van der Waals surface area contributed by atoms with Crippen LogP contribution in [0.3, 0.4) is 0 Å². The summed E-state index contributed by atoms with van der Waals surface area (Å²) in [6.07, 6.45) is 6.38. The normalized spacial score (nSPS) is 19.8. The van der Waals surface area contributed by atoms with Crippen LogP contribution in [-0.2, 0) is 4.74 Å². The molecule has 7 nitrogen and oxygen atoms in total. The Labute approximate surface area is 166 Å². The van der Waals surface area contributed by atoms with Gasteiger partial charge in [0.2, 0.25) is 0 Å². The second kappa shape index (κ2) is 9.49. The molecule has 0 amide bonds. The number of rotatable bonds is 7. The molecule has 2 aliphatic rings. The zero-order chi connectivity index (χ0) is 19.2. The van der Waals surface area contributed by atoms with Crippen molar-refractivity contribution in [3.05, 3.63) is 24.7 Å². The highest BCUT2D eigenvalue weighted by molar-refractivity contribution is 5.85. The standard InChI is InChI=1S/C21H30N4O3/c1-24-6-8-25(9-7-24)5-2-10-27-18-13-20-19(15-22-16-23-20)21(14-18)28-17-3-11-26-12-4-17/h13-17H,2-12H2,1H3. The lowest BCUT2D eigenvalue weighted by atomic mass is 10.1. The van der Waals surface area contributed by atoms with Crippen molar-refractivity contribution in [1.82, 2.24) is 19.8 Å². The molecule has 0 unspecified atom stereocenters. The highest BCUT2D eigenvalue weighted by atomic mass is 16.5. The Morgan fingerprint density at radius 2 is 1.96 bits per heavy atom. The number of fused-ring (bicyclic) bond motifs is 1. The van der Waals surface area contributed by atoms with Crippen LogP contribution >= 0.6 is 0 Å². The Balaban J connectivity index is 1.36. The van der Waals surface area contributed by atoms with Crippen molar-refractivity contribution in [3.63, 3.8) is 0 Å². The second-order valence-electron chi connectivity index (χ2n) is 7.65. The molecule has 1 aromatic heterocycles. The average Bonchev–Trinajstić information content (AvgIpc) is 2.73. The summed E-state index contributed by atoms with van der Waals surface area (Å²) in [7, 11) is 2.18. The van der Waals surface area contributed by atoms with E-state index in [1.807, 2.05) is 18.3 Å². The zero-order valence-corrected chi connectivity index (χ0v) is 16.7. The Morgan fingerprint density at radius 3 is 2.79 bits per heavy atom. The molecule has 2 saturated heterocycles. The topological polar surface area (TPSA) is 60.0 Å². The molecule has 0 radical (unpaired) electrons. The van der Waals surface area contributed by atoms with E-state index in [1.165, 1.54) is 0 Å². The van der Waals surface area contributed by atoms with Crippen LogP contribution in [0.4, 0.5) is 0 Å². The fourth-order valence-corrected chi connectivity index (χ4v) is 3.73. The van der Waals surface area contributed by atoms with Crippen LogP contribution < -0.4 is 9.47 Å². The number of hydrogen-bond donors (Lipinski definition) is 0. The first-order chi connectivity index (χ1) is 13.8. The molecular formula is C21H30N4O3. The third-order valence-corrected chi connectivity index (χ3v) is 5.51. The molecule has 28 heavy (non-hydrogen) atoms. The van der Waals surface area contributed by atoms with Gasteiger partial charge in [-0.05, 0) is 13.5 Å². The lowest BCUT2D eigenvalue weighted by Gasteiger charge is -2.32. The Morgan fingerprint density at radius 1 is 1.14 bits per heavy atom. The van der Waals surface area contributed by atoms with Gasteiger partial charge in [0, 0.05) is 63.9 Å². The summed E-state index contributed by atoms with van der Waals surface area (Å²) in [5.41, 5.74) is 0.855. The molecule has 2 fully saturated rings. The van der Waals surface area contributed by atoms with Crippen LogP contribution in [0.5, 0.6) is 11.5 Å². The second-order valence-corrected chi connectivity index (χ2v) is 7.65. The van der Waals surface area contributed by atoms with Crippen molar-refractivity contribution in [2.75, 3.05) is 59.6 Å². The molecule has 0 N–H and O–H groups in total. The minimum atomic E-state index is 0.171. The Hall–Kier alpha value is -1.96. The van der Waals surface area contributed by atoms with E-state index in [9.17, 15) is 0 Å². The Kier molecular flexibility index (Phi) is 6.57. The van der Waals surface area contributed by atoms with E-state index >= 15 is 0 Å². The van der Waals surface area contributed by atoms with Crippen LogP contribution in [0.15, 0.2) is 24.7 Å². The molecule has 152 valence electrons. The van der Waals surface area contributed by atoms with E-state index in [2.05, 4.69) is 26.8 Å². The summed E-state index contributed by atoms with van der Waals surface area (Å²) < 4.78 is 17.8. The molecule has 0 atom stereocenters. The fourth-order valence-electron chi connectivity index (χ4n) is 3.73. The molecule has 2 aliphatic heterocycles. The quantitative estimate of drug-likeness (QED) is 0.676. The maximum atomic E-state index is 6.27. The van der Waals surface area contributed by atoms with Crippen LogP contribution in [0, 0.1) is 0 Å². The molecule has 4 rings (SSSR count). The molecular weight excluding hydrogens is 356 g/mol. The maximum absolute atomic E-state index is 6.27. The van der Waals surface area contributed by atoms with Crippen molar-refractivity contribution in [2.24, 2.45) is 0 Å². The number of benzene rings is 1. The van der Waals surface area contributed by atoms with Crippen molar-refractivity contribution in [1.29, 1.82) is 0 Å². The van der Waals surface area contributed by atoms with Crippen molar-refractivity contribution < 1.29 is 14.2 Å². The van der Waals surface area contributed by atoms with E-state index < -0.39 is 0 Å². The van der Waals surface area contributed by atoms with Gasteiger partial charge < -0.3 is 24.0 Å². The number of piperazine rings is 1.